The van der Waals surface area contributed by atoms with E-state index in [1.165, 1.54) is 0 Å². The van der Waals surface area contributed by atoms with Gasteiger partial charge in [-0.25, -0.2) is 4.79 Å². The lowest BCUT2D eigenvalue weighted by Gasteiger charge is -2.34. The van der Waals surface area contributed by atoms with Gasteiger partial charge in [0.05, 0.1) is 31.2 Å². The molecule has 3 heterocycles. The van der Waals surface area contributed by atoms with Gasteiger partial charge in [-0.3, -0.25) is 9.67 Å². The number of pyridine rings is 1. The van der Waals surface area contributed by atoms with Crippen LogP contribution in [0.4, 0.5) is 4.79 Å². The molecule has 0 spiro atoms. The molecule has 0 fully saturated rings. The number of aryl methyl sites for hydroxylation is 1. The van der Waals surface area contributed by atoms with Crippen molar-refractivity contribution in [2.75, 3.05) is 27.2 Å². The molecule has 0 aliphatic carbocycles. The zero-order valence-corrected chi connectivity index (χ0v) is 13.6. The highest BCUT2D eigenvalue weighted by Crippen LogP contribution is 2.29. The number of urea groups is 1. The van der Waals surface area contributed by atoms with Crippen molar-refractivity contribution in [3.05, 3.63) is 42.0 Å². The maximum atomic E-state index is 12.3. The molecule has 0 aromatic carbocycles. The van der Waals surface area contributed by atoms with Gasteiger partial charge >= 0.3 is 6.03 Å². The highest BCUT2D eigenvalue weighted by Gasteiger charge is 2.31. The largest absolute Gasteiger partial charge is 0.491 e. The highest BCUT2D eigenvalue weighted by molar-refractivity contribution is 5.74. The Bertz CT molecular complexity index is 683. The molecule has 23 heavy (non-hydrogen) atoms. The number of rotatable bonds is 3. The number of fused-ring (bicyclic) bond motifs is 1. The summed E-state index contributed by atoms with van der Waals surface area (Å²) in [6, 6.07) is 3.72. The number of hydrogen-bond donors (Lipinski definition) is 0. The summed E-state index contributed by atoms with van der Waals surface area (Å²) in [5, 5.41) is 4.34. The molecule has 7 heteroatoms. The van der Waals surface area contributed by atoms with E-state index in [0.29, 0.717) is 19.7 Å². The third-order valence-corrected chi connectivity index (χ3v) is 4.05. The molecule has 1 aliphatic heterocycles. The van der Waals surface area contributed by atoms with E-state index in [1.807, 2.05) is 35.0 Å². The predicted octanol–water partition coefficient (Wildman–Crippen LogP) is 1.47. The fourth-order valence-electron chi connectivity index (χ4n) is 2.82. The molecular weight excluding hydrogens is 294 g/mol. The van der Waals surface area contributed by atoms with Crippen molar-refractivity contribution in [3.63, 3.8) is 0 Å². The van der Waals surface area contributed by atoms with Gasteiger partial charge in [0.15, 0.2) is 0 Å². The molecule has 0 bridgehead atoms. The molecule has 1 atom stereocenters. The van der Waals surface area contributed by atoms with Gasteiger partial charge in [-0.15, -0.1) is 0 Å². The van der Waals surface area contributed by atoms with Gasteiger partial charge in [0.1, 0.15) is 5.75 Å². The van der Waals surface area contributed by atoms with Gasteiger partial charge in [0, 0.05) is 45.4 Å². The minimum atomic E-state index is 0.00299. The van der Waals surface area contributed by atoms with Gasteiger partial charge in [0.25, 0.3) is 0 Å². The highest BCUT2D eigenvalue weighted by atomic mass is 16.5. The van der Waals surface area contributed by atoms with E-state index in [9.17, 15) is 4.79 Å². The summed E-state index contributed by atoms with van der Waals surface area (Å²) in [6.45, 7) is 1.68. The zero-order valence-electron chi connectivity index (χ0n) is 13.6. The van der Waals surface area contributed by atoms with Crippen LogP contribution in [0.25, 0.3) is 0 Å². The van der Waals surface area contributed by atoms with Gasteiger partial charge in [-0.05, 0) is 12.1 Å². The van der Waals surface area contributed by atoms with Crippen LogP contribution in [-0.2, 0) is 13.6 Å². The first-order valence-corrected chi connectivity index (χ1v) is 7.56. The molecule has 1 aliphatic rings. The van der Waals surface area contributed by atoms with Crippen molar-refractivity contribution in [2.45, 2.75) is 12.5 Å². The molecule has 0 N–H and O–H groups in total. The van der Waals surface area contributed by atoms with E-state index in [-0.39, 0.29) is 11.9 Å². The first-order valence-electron chi connectivity index (χ1n) is 7.56. The second kappa shape index (κ2) is 6.28. The zero-order chi connectivity index (χ0) is 16.4. The van der Waals surface area contributed by atoms with Crippen LogP contribution in [-0.4, -0.2) is 57.8 Å². The molecule has 2 amide bonds. The molecular formula is C16H21N5O2. The number of hydrogen-bond acceptors (Lipinski definition) is 4. The lowest BCUT2D eigenvalue weighted by Crippen LogP contribution is -2.44. The molecule has 122 valence electrons. The van der Waals surface area contributed by atoms with E-state index in [4.69, 9.17) is 4.74 Å². The lowest BCUT2D eigenvalue weighted by molar-refractivity contribution is 0.149. The maximum absolute atomic E-state index is 12.3. The van der Waals surface area contributed by atoms with E-state index >= 15 is 0 Å². The average molecular weight is 315 g/mol. The van der Waals surface area contributed by atoms with Crippen molar-refractivity contribution in [1.29, 1.82) is 0 Å². The third-order valence-electron chi connectivity index (χ3n) is 4.05. The Morgan fingerprint density at radius 2 is 2.26 bits per heavy atom. The first kappa shape index (κ1) is 15.3. The first-order chi connectivity index (χ1) is 11.1. The van der Waals surface area contributed by atoms with Gasteiger partial charge in [-0.2, -0.15) is 5.10 Å². The van der Waals surface area contributed by atoms with Gasteiger partial charge < -0.3 is 14.5 Å². The Morgan fingerprint density at radius 3 is 2.96 bits per heavy atom. The number of nitrogens with zero attached hydrogens (tertiary/aromatic N) is 5. The SMILES string of the molecule is CN(C)C(=O)N1Cc2c(cnn2C)[C@H](COc2cccnc2)C1. The Kier molecular flexibility index (Phi) is 4.18. The predicted molar refractivity (Wildman–Crippen MR) is 85.2 cm³/mol. The van der Waals surface area contributed by atoms with Crippen LogP contribution >= 0.6 is 0 Å². The third kappa shape index (κ3) is 3.13. The smallest absolute Gasteiger partial charge is 0.319 e. The quantitative estimate of drug-likeness (QED) is 0.860. The molecule has 3 rings (SSSR count). The Morgan fingerprint density at radius 1 is 1.43 bits per heavy atom. The molecule has 0 unspecified atom stereocenters. The summed E-state index contributed by atoms with van der Waals surface area (Å²) < 4.78 is 7.68. The van der Waals surface area contributed by atoms with Crippen LogP contribution in [0, 0.1) is 0 Å². The van der Waals surface area contributed by atoms with Crippen LogP contribution in [0.1, 0.15) is 17.2 Å². The fourth-order valence-corrected chi connectivity index (χ4v) is 2.82. The summed E-state index contributed by atoms with van der Waals surface area (Å²) in [5.74, 6) is 0.825. The van der Waals surface area contributed by atoms with E-state index in [1.54, 1.807) is 31.4 Å². The Labute approximate surface area is 135 Å². The molecule has 7 nitrogen and oxygen atoms in total. The van der Waals surface area contributed by atoms with Crippen molar-refractivity contribution in [2.24, 2.45) is 7.05 Å². The van der Waals surface area contributed by atoms with Crippen molar-refractivity contribution >= 4 is 6.03 Å². The topological polar surface area (TPSA) is 63.5 Å². The summed E-state index contributed by atoms with van der Waals surface area (Å²) >= 11 is 0. The van der Waals surface area contributed by atoms with Crippen LogP contribution < -0.4 is 4.74 Å². The van der Waals surface area contributed by atoms with E-state index < -0.39 is 0 Å². The minimum Gasteiger partial charge on any atom is -0.491 e. The number of carbonyl (C=O) groups is 1. The van der Waals surface area contributed by atoms with E-state index in [2.05, 4.69) is 10.1 Å². The number of aromatic nitrogens is 3. The monoisotopic (exact) mass is 315 g/mol. The second-order valence-electron chi connectivity index (χ2n) is 5.92. The molecule has 2 aromatic rings. The molecule has 0 radical (unpaired) electrons. The number of carbonyl (C=O) groups excluding carboxylic acids is 1. The van der Waals surface area contributed by atoms with Crippen LogP contribution in [0.5, 0.6) is 5.75 Å². The van der Waals surface area contributed by atoms with Crippen LogP contribution in [0.15, 0.2) is 30.7 Å². The fraction of sp³-hybridized carbons (Fsp3) is 0.438. The Balaban J connectivity index is 1.79. The van der Waals surface area contributed by atoms with Crippen molar-refractivity contribution in [3.8, 4) is 5.75 Å². The lowest BCUT2D eigenvalue weighted by atomic mass is 9.96. The summed E-state index contributed by atoms with van der Waals surface area (Å²) in [4.78, 5) is 19.8. The van der Waals surface area contributed by atoms with Gasteiger partial charge in [-0.1, -0.05) is 0 Å². The van der Waals surface area contributed by atoms with Crippen molar-refractivity contribution in [1.82, 2.24) is 24.6 Å². The van der Waals surface area contributed by atoms with Gasteiger partial charge in [0.2, 0.25) is 0 Å². The molecule has 0 saturated heterocycles. The number of ether oxygens (including phenoxy) is 1. The summed E-state index contributed by atoms with van der Waals surface area (Å²) in [6.07, 6.45) is 5.28. The Hall–Kier alpha value is -2.57. The maximum Gasteiger partial charge on any atom is 0.319 e. The average Bonchev–Trinajstić information content (AvgIpc) is 2.94. The normalized spacial score (nSPS) is 16.8. The van der Waals surface area contributed by atoms with Crippen LogP contribution in [0.2, 0.25) is 0 Å². The minimum absolute atomic E-state index is 0.00299. The number of amides is 2. The molecule has 0 saturated carbocycles. The summed E-state index contributed by atoms with van der Waals surface area (Å²) in [5.41, 5.74) is 2.21. The second-order valence-corrected chi connectivity index (χ2v) is 5.92. The molecule has 2 aromatic heterocycles. The summed E-state index contributed by atoms with van der Waals surface area (Å²) in [7, 11) is 5.44. The standard InChI is InChI=1S/C16H21N5O2/c1-19(2)16(22)21-9-12(11-23-13-5-4-6-17-7-13)14-8-18-20(3)15(14)10-21/h4-8,12H,9-11H2,1-3H3/t12-/m0/s1. The van der Waals surface area contributed by atoms with Crippen molar-refractivity contribution < 1.29 is 9.53 Å². The van der Waals surface area contributed by atoms with Crippen LogP contribution in [0.3, 0.4) is 0 Å². The van der Waals surface area contributed by atoms with E-state index in [0.717, 1.165) is 17.0 Å².